The van der Waals surface area contributed by atoms with Gasteiger partial charge >= 0.3 is 0 Å². The van der Waals surface area contributed by atoms with E-state index >= 15 is 0 Å². The minimum absolute atomic E-state index is 0.0638. The summed E-state index contributed by atoms with van der Waals surface area (Å²) in [6.07, 6.45) is 1.13. The van der Waals surface area contributed by atoms with Gasteiger partial charge in [-0.25, -0.2) is 0 Å². The lowest BCUT2D eigenvalue weighted by atomic mass is 10.2. The van der Waals surface area contributed by atoms with E-state index in [1.165, 1.54) is 15.9 Å². The normalized spacial score (nSPS) is 12.5. The molecule has 1 atom stereocenters. The van der Waals surface area contributed by atoms with E-state index in [0.29, 0.717) is 16.7 Å². The first kappa shape index (κ1) is 14.9. The molecule has 0 radical (unpaired) electrons. The fraction of sp³-hybridized carbons (Fsp3) is 0.462. The molecule has 0 aliphatic carbocycles. The van der Waals surface area contributed by atoms with Crippen molar-refractivity contribution in [3.05, 3.63) is 26.6 Å². The second-order valence-electron chi connectivity index (χ2n) is 4.68. The lowest BCUT2D eigenvalue weighted by Gasteiger charge is -2.12. The Balaban J connectivity index is 2.16. The molecule has 1 unspecified atom stereocenters. The molecular weight excluding hydrogens is 294 g/mol. The van der Waals surface area contributed by atoms with E-state index < -0.39 is 0 Å². The lowest BCUT2D eigenvalue weighted by molar-refractivity contribution is -0.121. The van der Waals surface area contributed by atoms with Gasteiger partial charge in [-0.05, 0) is 37.0 Å². The summed E-state index contributed by atoms with van der Waals surface area (Å²) in [4.78, 5) is 27.8. The van der Waals surface area contributed by atoms with Crippen molar-refractivity contribution in [2.75, 3.05) is 0 Å². The zero-order valence-electron chi connectivity index (χ0n) is 11.4. The summed E-state index contributed by atoms with van der Waals surface area (Å²) in [6.45, 7) is 4.26. The average Bonchev–Trinajstić information content (AvgIpc) is 2.86. The minimum atomic E-state index is -0.138. The van der Waals surface area contributed by atoms with Crippen LogP contribution >= 0.6 is 23.6 Å². The molecule has 0 aliphatic heterocycles. The van der Waals surface area contributed by atoms with Crippen molar-refractivity contribution < 1.29 is 4.79 Å². The van der Waals surface area contributed by atoms with E-state index in [2.05, 4.69) is 10.3 Å². The van der Waals surface area contributed by atoms with Gasteiger partial charge in [-0.1, -0.05) is 6.92 Å². The molecule has 7 heteroatoms. The molecule has 0 saturated carbocycles. The Morgan fingerprint density at radius 3 is 3.05 bits per heavy atom. The summed E-state index contributed by atoms with van der Waals surface area (Å²) in [5.74, 6) is -0.0638. The maximum atomic E-state index is 12.3. The van der Waals surface area contributed by atoms with Crippen molar-refractivity contribution in [1.29, 1.82) is 0 Å². The third-order valence-corrected chi connectivity index (χ3v) is 4.34. The molecule has 108 valence electrons. The first-order chi connectivity index (χ1) is 9.52. The molecular formula is C13H17N3O2S2. The van der Waals surface area contributed by atoms with Crippen LogP contribution in [-0.4, -0.2) is 21.5 Å². The number of rotatable bonds is 5. The fourth-order valence-corrected chi connectivity index (χ4v) is 2.96. The van der Waals surface area contributed by atoms with Gasteiger partial charge < -0.3 is 10.3 Å². The number of carbonyl (C=O) groups is 1. The Bertz CT molecular complexity index is 729. The number of nitrogens with zero attached hydrogens (tertiary/aromatic N) is 1. The van der Waals surface area contributed by atoms with Gasteiger partial charge in [-0.3, -0.25) is 14.2 Å². The number of hydrogen-bond donors (Lipinski definition) is 2. The maximum absolute atomic E-state index is 12.3. The van der Waals surface area contributed by atoms with Crippen LogP contribution < -0.4 is 10.9 Å². The predicted octanol–water partition coefficient (Wildman–Crippen LogP) is 2.43. The highest BCUT2D eigenvalue weighted by atomic mass is 32.1. The molecule has 0 aromatic carbocycles. The van der Waals surface area contributed by atoms with Crippen LogP contribution in [0.2, 0.25) is 0 Å². The largest absolute Gasteiger partial charge is 0.354 e. The molecule has 0 aliphatic rings. The zero-order chi connectivity index (χ0) is 14.7. The molecule has 0 spiro atoms. The predicted molar refractivity (Wildman–Crippen MR) is 83.8 cm³/mol. The topological polar surface area (TPSA) is 66.9 Å². The standard InChI is InChI=1S/C13H17N3O2S2/c1-3-8(2)14-10(17)4-6-16-12(18)9-5-7-20-11(9)15-13(16)19/h5,7-8H,3-4,6H2,1-2H3,(H,14,17)(H,15,19). The Kier molecular flexibility index (Phi) is 4.72. The number of hydrogen-bond acceptors (Lipinski definition) is 4. The van der Waals surface area contributed by atoms with Gasteiger partial charge in [0.25, 0.3) is 5.56 Å². The third kappa shape index (κ3) is 3.16. The Labute approximate surface area is 125 Å². The van der Waals surface area contributed by atoms with Crippen molar-refractivity contribution in [2.45, 2.75) is 39.3 Å². The van der Waals surface area contributed by atoms with Crippen molar-refractivity contribution >= 4 is 39.7 Å². The Morgan fingerprint density at radius 2 is 2.35 bits per heavy atom. The van der Waals surface area contributed by atoms with Crippen molar-refractivity contribution in [3.63, 3.8) is 0 Å². The highest BCUT2D eigenvalue weighted by Crippen LogP contribution is 2.14. The monoisotopic (exact) mass is 311 g/mol. The highest BCUT2D eigenvalue weighted by molar-refractivity contribution is 7.71. The van der Waals surface area contributed by atoms with E-state index in [0.717, 1.165) is 11.3 Å². The first-order valence-corrected chi connectivity index (χ1v) is 7.81. The van der Waals surface area contributed by atoms with E-state index in [-0.39, 0.29) is 23.9 Å². The first-order valence-electron chi connectivity index (χ1n) is 6.52. The fourth-order valence-electron chi connectivity index (χ4n) is 1.84. The smallest absolute Gasteiger partial charge is 0.263 e. The molecule has 0 fully saturated rings. The maximum Gasteiger partial charge on any atom is 0.263 e. The highest BCUT2D eigenvalue weighted by Gasteiger charge is 2.09. The van der Waals surface area contributed by atoms with Gasteiger partial charge in [0.1, 0.15) is 4.83 Å². The average molecular weight is 311 g/mol. The molecule has 2 N–H and O–H groups in total. The minimum Gasteiger partial charge on any atom is -0.354 e. The second kappa shape index (κ2) is 6.32. The quantitative estimate of drug-likeness (QED) is 0.833. The van der Waals surface area contributed by atoms with E-state index in [1.54, 1.807) is 6.07 Å². The van der Waals surface area contributed by atoms with Crippen molar-refractivity contribution in [2.24, 2.45) is 0 Å². The third-order valence-electron chi connectivity index (χ3n) is 3.19. The van der Waals surface area contributed by atoms with Crippen LogP contribution in [0, 0.1) is 4.77 Å². The summed E-state index contributed by atoms with van der Waals surface area (Å²) >= 11 is 6.62. The van der Waals surface area contributed by atoms with Crippen LogP contribution in [0.3, 0.4) is 0 Å². The van der Waals surface area contributed by atoms with Crippen molar-refractivity contribution in [1.82, 2.24) is 14.9 Å². The van der Waals surface area contributed by atoms with Gasteiger partial charge in [0, 0.05) is 19.0 Å². The number of thiophene rings is 1. The van der Waals surface area contributed by atoms with Crippen LogP contribution in [0.4, 0.5) is 0 Å². The number of fused-ring (bicyclic) bond motifs is 1. The van der Waals surface area contributed by atoms with E-state index in [1.807, 2.05) is 19.2 Å². The summed E-state index contributed by atoms with van der Waals surface area (Å²) in [5, 5.41) is 5.34. The van der Waals surface area contributed by atoms with E-state index in [9.17, 15) is 9.59 Å². The van der Waals surface area contributed by atoms with Gasteiger partial charge in [0.2, 0.25) is 5.91 Å². The number of amides is 1. The van der Waals surface area contributed by atoms with Crippen LogP contribution in [-0.2, 0) is 11.3 Å². The number of H-pyrrole nitrogens is 1. The molecule has 1 amide bonds. The van der Waals surface area contributed by atoms with Crippen LogP contribution in [0.5, 0.6) is 0 Å². The van der Waals surface area contributed by atoms with Gasteiger partial charge in [0.05, 0.1) is 5.39 Å². The molecule has 0 bridgehead atoms. The molecule has 2 rings (SSSR count). The molecule has 0 saturated heterocycles. The lowest BCUT2D eigenvalue weighted by Crippen LogP contribution is -2.33. The Morgan fingerprint density at radius 1 is 1.60 bits per heavy atom. The van der Waals surface area contributed by atoms with Crippen molar-refractivity contribution in [3.8, 4) is 0 Å². The molecule has 5 nitrogen and oxygen atoms in total. The second-order valence-corrected chi connectivity index (χ2v) is 5.98. The van der Waals surface area contributed by atoms with Crippen LogP contribution in [0.1, 0.15) is 26.7 Å². The number of nitrogens with one attached hydrogen (secondary N) is 2. The van der Waals surface area contributed by atoms with Crippen LogP contribution in [0.15, 0.2) is 16.2 Å². The van der Waals surface area contributed by atoms with Crippen LogP contribution in [0.25, 0.3) is 10.2 Å². The molecule has 2 aromatic rings. The Hall–Kier alpha value is -1.47. The zero-order valence-corrected chi connectivity index (χ0v) is 13.1. The molecule has 2 aromatic heterocycles. The number of aromatic nitrogens is 2. The summed E-state index contributed by atoms with van der Waals surface area (Å²) in [5.41, 5.74) is -0.138. The summed E-state index contributed by atoms with van der Waals surface area (Å²) < 4.78 is 1.81. The SMILES string of the molecule is CCC(C)NC(=O)CCn1c(=S)[nH]c2sccc2c1=O. The number of aromatic amines is 1. The van der Waals surface area contributed by atoms with E-state index in [4.69, 9.17) is 12.2 Å². The molecule has 20 heavy (non-hydrogen) atoms. The molecule has 2 heterocycles. The summed E-state index contributed by atoms with van der Waals surface area (Å²) in [7, 11) is 0. The van der Waals surface area contributed by atoms with Gasteiger partial charge in [0.15, 0.2) is 4.77 Å². The summed E-state index contributed by atoms with van der Waals surface area (Å²) in [6, 6.07) is 1.91. The number of carbonyl (C=O) groups excluding carboxylic acids is 1. The van der Waals surface area contributed by atoms with Gasteiger partial charge in [-0.2, -0.15) is 0 Å². The van der Waals surface area contributed by atoms with Gasteiger partial charge in [-0.15, -0.1) is 11.3 Å².